The van der Waals surface area contributed by atoms with Crippen molar-refractivity contribution in [1.82, 2.24) is 4.90 Å². The summed E-state index contributed by atoms with van der Waals surface area (Å²) >= 11 is 0. The highest BCUT2D eigenvalue weighted by Crippen LogP contribution is 2.32. The van der Waals surface area contributed by atoms with Crippen molar-refractivity contribution in [2.24, 2.45) is 11.8 Å². The molecule has 0 aromatic heterocycles. The highest BCUT2D eigenvalue weighted by molar-refractivity contribution is 7.86. The Morgan fingerprint density at radius 1 is 1.29 bits per heavy atom. The molecule has 0 heterocycles. The number of hydrogen-bond acceptors (Lipinski definition) is 5. The summed E-state index contributed by atoms with van der Waals surface area (Å²) in [5.74, 6) is 1.09. The van der Waals surface area contributed by atoms with E-state index in [-0.39, 0.29) is 17.6 Å². The van der Waals surface area contributed by atoms with E-state index in [0.29, 0.717) is 18.2 Å². The van der Waals surface area contributed by atoms with Gasteiger partial charge in [0.25, 0.3) is 0 Å². The Kier molecular flexibility index (Phi) is 5.74. The number of amides is 1. The zero-order valence-corrected chi connectivity index (χ0v) is 15.4. The zero-order valence-electron chi connectivity index (χ0n) is 14.6. The molecule has 1 aromatic carbocycles. The first kappa shape index (κ1) is 18.6. The summed E-state index contributed by atoms with van der Waals surface area (Å²) in [4.78, 5) is 14.3. The summed E-state index contributed by atoms with van der Waals surface area (Å²) in [5.41, 5.74) is 0.809. The van der Waals surface area contributed by atoms with Crippen LogP contribution in [0.15, 0.2) is 18.2 Å². The van der Waals surface area contributed by atoms with Crippen molar-refractivity contribution in [2.45, 2.75) is 33.2 Å². The molecule has 134 valence electrons. The number of hydrogen-bond donors (Lipinski definition) is 0. The lowest BCUT2D eigenvalue weighted by Crippen LogP contribution is -2.35. The molecule has 0 atom stereocenters. The fraction of sp³-hybridized carbons (Fsp3) is 0.588. The molecule has 0 radical (unpaired) electrons. The predicted octanol–water partition coefficient (Wildman–Crippen LogP) is 2.43. The summed E-state index contributed by atoms with van der Waals surface area (Å²) in [6, 6.07) is 5.10. The number of ether oxygens (including phenoxy) is 1. The largest absolute Gasteiger partial charge is 0.493 e. The van der Waals surface area contributed by atoms with E-state index in [2.05, 4.69) is 0 Å². The minimum absolute atomic E-state index is 0.0752. The molecule has 7 heteroatoms. The molecule has 0 N–H and O–H groups in total. The number of methoxy groups -OCH3 is 1. The lowest BCUT2D eigenvalue weighted by molar-refractivity contribution is -0.135. The van der Waals surface area contributed by atoms with Gasteiger partial charge in [-0.3, -0.25) is 4.79 Å². The summed E-state index contributed by atoms with van der Waals surface area (Å²) in [7, 11) is -2.20. The van der Waals surface area contributed by atoms with Crippen LogP contribution in [0, 0.1) is 11.8 Å². The molecular formula is C17H25NO5S. The van der Waals surface area contributed by atoms with E-state index < -0.39 is 10.1 Å². The van der Waals surface area contributed by atoms with E-state index in [9.17, 15) is 13.2 Å². The molecule has 2 rings (SSSR count). The highest BCUT2D eigenvalue weighted by Gasteiger charge is 2.28. The van der Waals surface area contributed by atoms with Crippen LogP contribution in [0.5, 0.6) is 11.5 Å². The molecule has 6 nitrogen and oxygen atoms in total. The molecular weight excluding hydrogens is 330 g/mol. The van der Waals surface area contributed by atoms with Gasteiger partial charge in [0.2, 0.25) is 5.91 Å². The molecule has 0 unspecified atom stereocenters. The normalized spacial score (nSPS) is 14.5. The van der Waals surface area contributed by atoms with Gasteiger partial charge in [-0.15, -0.1) is 0 Å². The first-order valence-electron chi connectivity index (χ1n) is 8.04. The van der Waals surface area contributed by atoms with Crippen LogP contribution in [0.2, 0.25) is 0 Å². The Hall–Kier alpha value is -1.76. The fourth-order valence-electron chi connectivity index (χ4n) is 2.48. The number of nitrogens with zero attached hydrogens (tertiary/aromatic N) is 1. The molecule has 24 heavy (non-hydrogen) atoms. The van der Waals surface area contributed by atoms with E-state index in [4.69, 9.17) is 8.92 Å². The number of rotatable bonds is 8. The van der Waals surface area contributed by atoms with Crippen LogP contribution in [0.4, 0.5) is 0 Å². The third kappa shape index (κ3) is 5.40. The SMILES string of the molecule is COc1ccc(CN(CC2CC2)C(=O)C(C)C)cc1OS(C)(=O)=O. The van der Waals surface area contributed by atoms with Gasteiger partial charge < -0.3 is 13.8 Å². The first-order chi connectivity index (χ1) is 11.2. The second-order valence-corrected chi connectivity index (χ2v) is 8.16. The zero-order chi connectivity index (χ0) is 17.9. The van der Waals surface area contributed by atoms with Crippen LogP contribution in [-0.4, -0.2) is 39.1 Å². The second kappa shape index (κ2) is 7.42. The minimum Gasteiger partial charge on any atom is -0.493 e. The van der Waals surface area contributed by atoms with Crippen molar-refractivity contribution in [3.05, 3.63) is 23.8 Å². The van der Waals surface area contributed by atoms with Crippen LogP contribution in [0.25, 0.3) is 0 Å². The summed E-state index contributed by atoms with van der Waals surface area (Å²) in [6.45, 7) is 4.94. The van der Waals surface area contributed by atoms with Gasteiger partial charge in [0, 0.05) is 19.0 Å². The maximum atomic E-state index is 12.4. The van der Waals surface area contributed by atoms with E-state index in [1.165, 1.54) is 7.11 Å². The van der Waals surface area contributed by atoms with Gasteiger partial charge in [-0.25, -0.2) is 0 Å². The van der Waals surface area contributed by atoms with Gasteiger partial charge in [-0.1, -0.05) is 19.9 Å². The molecule has 0 aliphatic heterocycles. The smallest absolute Gasteiger partial charge is 0.306 e. The molecule has 1 amide bonds. The van der Waals surface area contributed by atoms with Crippen molar-refractivity contribution in [3.8, 4) is 11.5 Å². The van der Waals surface area contributed by atoms with Crippen molar-refractivity contribution in [3.63, 3.8) is 0 Å². The highest BCUT2D eigenvalue weighted by atomic mass is 32.2. The first-order valence-corrected chi connectivity index (χ1v) is 9.86. The third-order valence-electron chi connectivity index (χ3n) is 3.82. The lowest BCUT2D eigenvalue weighted by Gasteiger charge is -2.25. The van der Waals surface area contributed by atoms with Gasteiger partial charge in [-0.05, 0) is 36.5 Å². The maximum absolute atomic E-state index is 12.4. The Balaban J connectivity index is 2.22. The standard InChI is InChI=1S/C17H25NO5S/c1-12(2)17(19)18(10-13-5-6-13)11-14-7-8-15(22-3)16(9-14)23-24(4,20)21/h7-9,12-13H,5-6,10-11H2,1-4H3. The maximum Gasteiger partial charge on any atom is 0.306 e. The van der Waals surface area contributed by atoms with Crippen molar-refractivity contribution in [1.29, 1.82) is 0 Å². The Morgan fingerprint density at radius 3 is 2.46 bits per heavy atom. The molecule has 0 bridgehead atoms. The van der Waals surface area contributed by atoms with Gasteiger partial charge in [0.05, 0.1) is 13.4 Å². The average molecular weight is 355 g/mol. The number of carbonyl (C=O) groups excluding carboxylic acids is 1. The average Bonchev–Trinajstić information content (AvgIpc) is 3.28. The monoisotopic (exact) mass is 355 g/mol. The van der Waals surface area contributed by atoms with Gasteiger partial charge >= 0.3 is 10.1 Å². The van der Waals surface area contributed by atoms with Crippen LogP contribution >= 0.6 is 0 Å². The van der Waals surface area contributed by atoms with Crippen LogP contribution in [0.1, 0.15) is 32.3 Å². The van der Waals surface area contributed by atoms with Gasteiger partial charge in [0.1, 0.15) is 0 Å². The quantitative estimate of drug-likeness (QED) is 0.670. The van der Waals surface area contributed by atoms with Gasteiger partial charge in [-0.2, -0.15) is 8.42 Å². The van der Waals surface area contributed by atoms with E-state index in [0.717, 1.165) is 31.2 Å². The Morgan fingerprint density at radius 2 is 1.96 bits per heavy atom. The summed E-state index contributed by atoms with van der Waals surface area (Å²) < 4.78 is 33.0. The van der Waals surface area contributed by atoms with Gasteiger partial charge in [0.15, 0.2) is 11.5 Å². The fourth-order valence-corrected chi connectivity index (χ4v) is 2.93. The molecule has 1 aromatic rings. The molecule has 1 fully saturated rings. The van der Waals surface area contributed by atoms with Crippen LogP contribution in [0.3, 0.4) is 0 Å². The van der Waals surface area contributed by atoms with E-state index in [1.54, 1.807) is 12.1 Å². The molecule has 0 saturated heterocycles. The van der Waals surface area contributed by atoms with Crippen LogP contribution < -0.4 is 8.92 Å². The Labute approximate surface area is 143 Å². The summed E-state index contributed by atoms with van der Waals surface area (Å²) in [6.07, 6.45) is 3.31. The predicted molar refractivity (Wildman–Crippen MR) is 91.4 cm³/mol. The molecule has 1 saturated carbocycles. The topological polar surface area (TPSA) is 72.9 Å². The van der Waals surface area contributed by atoms with E-state index in [1.807, 2.05) is 24.8 Å². The van der Waals surface area contributed by atoms with Crippen molar-refractivity contribution < 1.29 is 22.1 Å². The van der Waals surface area contributed by atoms with E-state index >= 15 is 0 Å². The van der Waals surface area contributed by atoms with Crippen molar-refractivity contribution >= 4 is 16.0 Å². The Bertz CT molecular complexity index is 695. The molecule has 0 spiro atoms. The number of carbonyl (C=O) groups is 1. The van der Waals surface area contributed by atoms with Crippen LogP contribution in [-0.2, 0) is 21.5 Å². The lowest BCUT2D eigenvalue weighted by atomic mass is 10.1. The molecule has 1 aliphatic carbocycles. The second-order valence-electron chi connectivity index (χ2n) is 6.59. The molecule has 1 aliphatic rings. The number of benzene rings is 1. The summed E-state index contributed by atoms with van der Waals surface area (Å²) in [5, 5.41) is 0. The minimum atomic E-state index is -3.65. The van der Waals surface area contributed by atoms with Crippen molar-refractivity contribution in [2.75, 3.05) is 19.9 Å². The third-order valence-corrected chi connectivity index (χ3v) is 4.31.